The Kier molecular flexibility index (Phi) is 6.03. The van der Waals surface area contributed by atoms with E-state index in [1.165, 1.54) is 17.9 Å². The summed E-state index contributed by atoms with van der Waals surface area (Å²) in [5.74, 6) is 3.37. The van der Waals surface area contributed by atoms with Crippen molar-refractivity contribution in [1.29, 1.82) is 0 Å². The molecule has 0 saturated carbocycles. The van der Waals surface area contributed by atoms with Crippen molar-refractivity contribution in [3.05, 3.63) is 0 Å². The summed E-state index contributed by atoms with van der Waals surface area (Å²) in [5.41, 5.74) is 0. The number of thioether (sulfide) groups is 1. The van der Waals surface area contributed by atoms with Crippen LogP contribution in [0.15, 0.2) is 0 Å². The molecule has 2 N–H and O–H groups in total. The number of amides is 1. The molecule has 0 bridgehead atoms. The van der Waals surface area contributed by atoms with Crippen LogP contribution in [0.3, 0.4) is 0 Å². The number of rotatable bonds is 6. The first-order chi connectivity index (χ1) is 6.83. The Morgan fingerprint density at radius 3 is 3.07 bits per heavy atom. The van der Waals surface area contributed by atoms with Crippen LogP contribution in [-0.4, -0.2) is 37.0 Å². The van der Waals surface area contributed by atoms with Crippen molar-refractivity contribution >= 4 is 17.7 Å². The van der Waals surface area contributed by atoms with Crippen LogP contribution < -0.4 is 10.6 Å². The van der Waals surface area contributed by atoms with Crippen molar-refractivity contribution < 1.29 is 4.79 Å². The Balaban J connectivity index is 1.96. The van der Waals surface area contributed by atoms with Crippen LogP contribution in [0.2, 0.25) is 0 Å². The van der Waals surface area contributed by atoms with Crippen molar-refractivity contribution in [2.75, 3.05) is 31.1 Å². The van der Waals surface area contributed by atoms with Gasteiger partial charge in [0, 0.05) is 19.5 Å². The van der Waals surface area contributed by atoms with Crippen LogP contribution in [0.5, 0.6) is 0 Å². The number of nitrogens with one attached hydrogen (secondary N) is 2. The number of hydrogen-bond acceptors (Lipinski definition) is 3. The molecule has 0 radical (unpaired) electrons. The molecule has 1 unspecified atom stereocenters. The van der Waals surface area contributed by atoms with E-state index >= 15 is 0 Å². The van der Waals surface area contributed by atoms with Gasteiger partial charge in [-0.15, -0.1) is 0 Å². The van der Waals surface area contributed by atoms with E-state index in [0.29, 0.717) is 12.3 Å². The topological polar surface area (TPSA) is 41.1 Å². The summed E-state index contributed by atoms with van der Waals surface area (Å²) < 4.78 is 0. The number of carbonyl (C=O) groups is 1. The molecule has 14 heavy (non-hydrogen) atoms. The molecular formula is C10H20N2OS. The second-order valence-corrected chi connectivity index (χ2v) is 4.79. The van der Waals surface area contributed by atoms with Crippen LogP contribution in [0.25, 0.3) is 0 Å². The Morgan fingerprint density at radius 2 is 2.43 bits per heavy atom. The largest absolute Gasteiger partial charge is 0.356 e. The highest BCUT2D eigenvalue weighted by molar-refractivity contribution is 7.99. The summed E-state index contributed by atoms with van der Waals surface area (Å²) in [6.45, 7) is 4.65. The zero-order chi connectivity index (χ0) is 10.2. The summed E-state index contributed by atoms with van der Waals surface area (Å²) in [4.78, 5) is 11.3. The average Bonchev–Trinajstić information content (AvgIpc) is 2.68. The van der Waals surface area contributed by atoms with Crippen LogP contribution in [-0.2, 0) is 4.79 Å². The molecule has 3 nitrogen and oxygen atoms in total. The van der Waals surface area contributed by atoms with Gasteiger partial charge in [0.1, 0.15) is 0 Å². The Bertz CT molecular complexity index is 170. The lowest BCUT2D eigenvalue weighted by Crippen LogP contribution is -2.31. The summed E-state index contributed by atoms with van der Waals surface area (Å²) in [6.07, 6.45) is 1.87. The minimum absolute atomic E-state index is 0.183. The van der Waals surface area contributed by atoms with E-state index in [-0.39, 0.29) is 5.91 Å². The van der Waals surface area contributed by atoms with Crippen LogP contribution in [0, 0.1) is 5.92 Å². The maximum atomic E-state index is 11.3. The van der Waals surface area contributed by atoms with E-state index in [9.17, 15) is 4.79 Å². The molecular weight excluding hydrogens is 196 g/mol. The third-order valence-corrected chi connectivity index (χ3v) is 3.62. The van der Waals surface area contributed by atoms with Gasteiger partial charge in [0.25, 0.3) is 0 Å². The molecule has 1 aliphatic heterocycles. The summed E-state index contributed by atoms with van der Waals surface area (Å²) >= 11 is 1.99. The molecule has 1 amide bonds. The first-order valence-electron chi connectivity index (χ1n) is 5.38. The highest BCUT2D eigenvalue weighted by Gasteiger charge is 2.15. The third kappa shape index (κ3) is 4.86. The van der Waals surface area contributed by atoms with Gasteiger partial charge in [-0.2, -0.15) is 11.8 Å². The molecule has 1 saturated heterocycles. The van der Waals surface area contributed by atoms with Gasteiger partial charge in [0.15, 0.2) is 0 Å². The standard InChI is InChI=1S/C10H20N2OS/c1-2-11-5-3-10(13)12-7-9-4-6-14-8-9/h9,11H,2-8H2,1H3,(H,12,13). The second-order valence-electron chi connectivity index (χ2n) is 3.64. The Hall–Kier alpha value is -0.220. The predicted molar refractivity (Wildman–Crippen MR) is 61.6 cm³/mol. The van der Waals surface area contributed by atoms with Crippen molar-refractivity contribution in [2.24, 2.45) is 5.92 Å². The van der Waals surface area contributed by atoms with Crippen molar-refractivity contribution in [3.63, 3.8) is 0 Å². The monoisotopic (exact) mass is 216 g/mol. The number of carbonyl (C=O) groups excluding carboxylic acids is 1. The van der Waals surface area contributed by atoms with Crippen LogP contribution >= 0.6 is 11.8 Å². The van der Waals surface area contributed by atoms with Gasteiger partial charge in [-0.1, -0.05) is 6.92 Å². The fourth-order valence-electron chi connectivity index (χ4n) is 1.47. The molecule has 82 valence electrons. The van der Waals surface area contributed by atoms with Gasteiger partial charge in [0.2, 0.25) is 5.91 Å². The molecule has 1 heterocycles. The van der Waals surface area contributed by atoms with E-state index in [4.69, 9.17) is 0 Å². The molecule has 0 spiro atoms. The predicted octanol–water partition coefficient (Wildman–Crippen LogP) is 0.855. The Labute approximate surface area is 90.4 Å². The molecule has 0 aliphatic carbocycles. The average molecular weight is 216 g/mol. The van der Waals surface area contributed by atoms with E-state index in [1.54, 1.807) is 0 Å². The smallest absolute Gasteiger partial charge is 0.221 e. The highest BCUT2D eigenvalue weighted by atomic mass is 32.2. The summed E-state index contributed by atoms with van der Waals surface area (Å²) in [5, 5.41) is 6.13. The zero-order valence-corrected chi connectivity index (χ0v) is 9.66. The van der Waals surface area contributed by atoms with Crippen molar-refractivity contribution in [3.8, 4) is 0 Å². The molecule has 1 rings (SSSR count). The fraction of sp³-hybridized carbons (Fsp3) is 0.900. The van der Waals surface area contributed by atoms with Gasteiger partial charge in [-0.05, 0) is 30.4 Å². The van der Waals surface area contributed by atoms with Gasteiger partial charge in [0.05, 0.1) is 0 Å². The molecule has 0 aromatic carbocycles. The first-order valence-corrected chi connectivity index (χ1v) is 6.53. The third-order valence-electron chi connectivity index (χ3n) is 2.39. The maximum Gasteiger partial charge on any atom is 0.221 e. The molecule has 1 atom stereocenters. The molecule has 4 heteroatoms. The van der Waals surface area contributed by atoms with Gasteiger partial charge < -0.3 is 10.6 Å². The van der Waals surface area contributed by atoms with E-state index < -0.39 is 0 Å². The summed E-state index contributed by atoms with van der Waals surface area (Å²) in [7, 11) is 0. The molecule has 1 aliphatic rings. The van der Waals surface area contributed by atoms with Crippen LogP contribution in [0.1, 0.15) is 19.8 Å². The van der Waals surface area contributed by atoms with Gasteiger partial charge >= 0.3 is 0 Å². The fourth-order valence-corrected chi connectivity index (χ4v) is 2.75. The second kappa shape index (κ2) is 7.12. The number of hydrogen-bond donors (Lipinski definition) is 2. The van der Waals surface area contributed by atoms with Crippen molar-refractivity contribution in [1.82, 2.24) is 10.6 Å². The summed E-state index contributed by atoms with van der Waals surface area (Å²) in [6, 6.07) is 0. The normalized spacial score (nSPS) is 21.1. The van der Waals surface area contributed by atoms with Gasteiger partial charge in [-0.25, -0.2) is 0 Å². The lowest BCUT2D eigenvalue weighted by molar-refractivity contribution is -0.121. The zero-order valence-electron chi connectivity index (χ0n) is 8.84. The minimum Gasteiger partial charge on any atom is -0.356 e. The quantitative estimate of drug-likeness (QED) is 0.647. The Morgan fingerprint density at radius 1 is 1.57 bits per heavy atom. The molecule has 0 aromatic heterocycles. The maximum absolute atomic E-state index is 11.3. The SMILES string of the molecule is CCNCCC(=O)NCC1CCSC1. The van der Waals surface area contributed by atoms with Gasteiger partial charge in [-0.3, -0.25) is 4.79 Å². The first kappa shape index (κ1) is 11.9. The molecule has 0 aromatic rings. The highest BCUT2D eigenvalue weighted by Crippen LogP contribution is 2.22. The van der Waals surface area contributed by atoms with Crippen LogP contribution in [0.4, 0.5) is 0 Å². The minimum atomic E-state index is 0.183. The lowest BCUT2D eigenvalue weighted by atomic mass is 10.1. The van der Waals surface area contributed by atoms with E-state index in [2.05, 4.69) is 10.6 Å². The lowest BCUT2D eigenvalue weighted by Gasteiger charge is -2.09. The van der Waals surface area contributed by atoms with Crippen molar-refractivity contribution in [2.45, 2.75) is 19.8 Å². The van der Waals surface area contributed by atoms with E-state index in [1.807, 2.05) is 18.7 Å². The molecule has 1 fully saturated rings. The van der Waals surface area contributed by atoms with E-state index in [0.717, 1.165) is 19.6 Å².